The van der Waals surface area contributed by atoms with Gasteiger partial charge in [0.25, 0.3) is 5.89 Å². The number of aromatic nitrogens is 4. The fraction of sp³-hybridized carbons (Fsp3) is 0.583. The fourth-order valence-corrected chi connectivity index (χ4v) is 1.62. The summed E-state index contributed by atoms with van der Waals surface area (Å²) in [6.45, 7) is 4.79. The average molecular weight is 250 g/mol. The lowest BCUT2D eigenvalue weighted by Crippen LogP contribution is -1.97. The Kier molecular flexibility index (Phi) is 3.76. The average Bonchev–Trinajstić information content (AvgIpc) is 2.92. The molecule has 0 aromatic carbocycles. The second-order valence-electron chi connectivity index (χ2n) is 4.49. The van der Waals surface area contributed by atoms with E-state index in [1.807, 2.05) is 13.1 Å². The van der Waals surface area contributed by atoms with Crippen LogP contribution in [0.3, 0.4) is 0 Å². The highest BCUT2D eigenvalue weighted by Crippen LogP contribution is 2.21. The van der Waals surface area contributed by atoms with Crippen LogP contribution in [0.25, 0.3) is 11.6 Å². The van der Waals surface area contributed by atoms with Gasteiger partial charge in [0.2, 0.25) is 0 Å². The lowest BCUT2D eigenvalue weighted by atomic mass is 10.1. The van der Waals surface area contributed by atoms with E-state index >= 15 is 0 Å². The molecule has 2 aromatic heterocycles. The number of ether oxygens (including phenoxy) is 1. The molecule has 2 heterocycles. The molecule has 0 spiro atoms. The van der Waals surface area contributed by atoms with Crippen LogP contribution in [0.1, 0.15) is 31.3 Å². The Labute approximate surface area is 106 Å². The molecule has 2 rings (SSSR count). The molecule has 0 aliphatic rings. The van der Waals surface area contributed by atoms with Gasteiger partial charge < -0.3 is 9.26 Å². The van der Waals surface area contributed by atoms with Crippen molar-refractivity contribution in [1.29, 1.82) is 0 Å². The smallest absolute Gasteiger partial charge is 0.276 e. The van der Waals surface area contributed by atoms with Gasteiger partial charge >= 0.3 is 0 Å². The monoisotopic (exact) mass is 250 g/mol. The molecule has 2 aromatic rings. The molecule has 0 unspecified atom stereocenters. The van der Waals surface area contributed by atoms with Gasteiger partial charge in [-0.1, -0.05) is 19.0 Å². The molecular formula is C12H18N4O2. The molecular weight excluding hydrogens is 232 g/mol. The Morgan fingerprint density at radius 2 is 2.22 bits per heavy atom. The first-order chi connectivity index (χ1) is 8.61. The molecule has 0 saturated carbocycles. The van der Waals surface area contributed by atoms with E-state index in [0.29, 0.717) is 30.7 Å². The number of nitrogens with zero attached hydrogens (tertiary/aromatic N) is 4. The summed E-state index contributed by atoms with van der Waals surface area (Å²) in [4.78, 5) is 4.33. The largest absolute Gasteiger partial charge is 0.384 e. The van der Waals surface area contributed by atoms with Crippen molar-refractivity contribution in [3.8, 4) is 11.6 Å². The topological polar surface area (TPSA) is 66.0 Å². The van der Waals surface area contributed by atoms with E-state index in [1.165, 1.54) is 0 Å². The Balaban J connectivity index is 2.22. The van der Waals surface area contributed by atoms with Crippen LogP contribution in [0.15, 0.2) is 10.6 Å². The highest BCUT2D eigenvalue weighted by Gasteiger charge is 2.15. The van der Waals surface area contributed by atoms with Crippen LogP contribution in [0.4, 0.5) is 0 Å². The molecule has 0 radical (unpaired) electrons. The number of hydrogen-bond acceptors (Lipinski definition) is 5. The van der Waals surface area contributed by atoms with E-state index in [9.17, 15) is 0 Å². The molecule has 98 valence electrons. The molecule has 0 N–H and O–H groups in total. The summed E-state index contributed by atoms with van der Waals surface area (Å²) < 4.78 is 12.0. The van der Waals surface area contributed by atoms with Crippen LogP contribution < -0.4 is 0 Å². The Morgan fingerprint density at radius 3 is 2.83 bits per heavy atom. The summed E-state index contributed by atoms with van der Waals surface area (Å²) in [7, 11) is 3.53. The normalized spacial score (nSPS) is 11.4. The standard InChI is InChI=1S/C12H18N4O2/c1-8(2)9-7-10(16(3)14-9)12-13-11(15-18-12)5-6-17-4/h7-8H,5-6H2,1-4H3. The van der Waals surface area contributed by atoms with Crippen molar-refractivity contribution < 1.29 is 9.26 Å². The Bertz CT molecular complexity index is 516. The van der Waals surface area contributed by atoms with Gasteiger partial charge in [0.15, 0.2) is 5.82 Å². The lowest BCUT2D eigenvalue weighted by molar-refractivity contribution is 0.199. The van der Waals surface area contributed by atoms with Crippen molar-refractivity contribution in [2.24, 2.45) is 7.05 Å². The van der Waals surface area contributed by atoms with Gasteiger partial charge in [-0.05, 0) is 12.0 Å². The van der Waals surface area contributed by atoms with Crippen molar-refractivity contribution >= 4 is 0 Å². The predicted molar refractivity (Wildman–Crippen MR) is 66.2 cm³/mol. The van der Waals surface area contributed by atoms with E-state index in [1.54, 1.807) is 11.8 Å². The third kappa shape index (κ3) is 2.59. The van der Waals surface area contributed by atoms with E-state index in [0.717, 1.165) is 11.4 Å². The molecule has 0 atom stereocenters. The maximum absolute atomic E-state index is 5.24. The molecule has 0 amide bonds. The number of rotatable bonds is 5. The van der Waals surface area contributed by atoms with Gasteiger partial charge in [-0.3, -0.25) is 4.68 Å². The van der Waals surface area contributed by atoms with Crippen molar-refractivity contribution in [1.82, 2.24) is 19.9 Å². The number of hydrogen-bond donors (Lipinski definition) is 0. The first-order valence-electron chi connectivity index (χ1n) is 5.97. The second kappa shape index (κ2) is 5.30. The molecule has 0 aliphatic carbocycles. The summed E-state index contributed by atoms with van der Waals surface area (Å²) in [6, 6.07) is 1.98. The molecule has 6 heteroatoms. The van der Waals surface area contributed by atoms with Crippen LogP contribution in [0.5, 0.6) is 0 Å². The van der Waals surface area contributed by atoms with Crippen molar-refractivity contribution in [3.63, 3.8) is 0 Å². The zero-order valence-corrected chi connectivity index (χ0v) is 11.2. The Morgan fingerprint density at radius 1 is 1.44 bits per heavy atom. The van der Waals surface area contributed by atoms with Gasteiger partial charge in [-0.25, -0.2) is 0 Å². The van der Waals surface area contributed by atoms with Crippen LogP contribution in [-0.2, 0) is 18.2 Å². The van der Waals surface area contributed by atoms with Gasteiger partial charge in [0.1, 0.15) is 5.69 Å². The van der Waals surface area contributed by atoms with Gasteiger partial charge in [-0.2, -0.15) is 10.1 Å². The third-order valence-electron chi connectivity index (χ3n) is 2.71. The summed E-state index contributed by atoms with van der Waals surface area (Å²) in [5, 5.41) is 8.34. The minimum absolute atomic E-state index is 0.376. The van der Waals surface area contributed by atoms with Gasteiger partial charge in [-0.15, -0.1) is 0 Å². The van der Waals surface area contributed by atoms with Crippen LogP contribution in [-0.4, -0.2) is 33.6 Å². The Hall–Kier alpha value is -1.69. The highest BCUT2D eigenvalue weighted by molar-refractivity contribution is 5.48. The summed E-state index contributed by atoms with van der Waals surface area (Å²) in [5.74, 6) is 1.53. The highest BCUT2D eigenvalue weighted by atomic mass is 16.5. The zero-order chi connectivity index (χ0) is 13.1. The molecule has 0 aliphatic heterocycles. The van der Waals surface area contributed by atoms with Crippen LogP contribution >= 0.6 is 0 Å². The molecule has 18 heavy (non-hydrogen) atoms. The van der Waals surface area contributed by atoms with E-state index in [-0.39, 0.29) is 0 Å². The number of methoxy groups -OCH3 is 1. The zero-order valence-electron chi connectivity index (χ0n) is 11.2. The quantitative estimate of drug-likeness (QED) is 0.809. The maximum atomic E-state index is 5.24. The predicted octanol–water partition coefficient (Wildman–Crippen LogP) is 1.78. The maximum Gasteiger partial charge on any atom is 0.276 e. The minimum Gasteiger partial charge on any atom is -0.384 e. The fourth-order valence-electron chi connectivity index (χ4n) is 1.62. The SMILES string of the molecule is COCCc1noc(-c2cc(C(C)C)nn2C)n1. The molecule has 0 fully saturated rings. The lowest BCUT2D eigenvalue weighted by Gasteiger charge is -1.95. The van der Waals surface area contributed by atoms with Crippen LogP contribution in [0, 0.1) is 0 Å². The third-order valence-corrected chi connectivity index (χ3v) is 2.71. The van der Waals surface area contributed by atoms with Gasteiger partial charge in [0.05, 0.1) is 12.3 Å². The van der Waals surface area contributed by atoms with Crippen LogP contribution in [0.2, 0.25) is 0 Å². The number of aryl methyl sites for hydroxylation is 1. The first-order valence-corrected chi connectivity index (χ1v) is 5.97. The van der Waals surface area contributed by atoms with Gasteiger partial charge in [0, 0.05) is 20.6 Å². The molecule has 0 bridgehead atoms. The summed E-state index contributed by atoms with van der Waals surface area (Å²) >= 11 is 0. The van der Waals surface area contributed by atoms with Crippen molar-refractivity contribution in [3.05, 3.63) is 17.6 Å². The van der Waals surface area contributed by atoms with E-state index < -0.39 is 0 Å². The first kappa shape index (κ1) is 12.8. The second-order valence-corrected chi connectivity index (χ2v) is 4.49. The minimum atomic E-state index is 0.376. The molecule has 6 nitrogen and oxygen atoms in total. The summed E-state index contributed by atoms with van der Waals surface area (Å²) in [6.07, 6.45) is 0.648. The van der Waals surface area contributed by atoms with E-state index in [4.69, 9.17) is 9.26 Å². The van der Waals surface area contributed by atoms with Crippen molar-refractivity contribution in [2.45, 2.75) is 26.2 Å². The summed E-state index contributed by atoms with van der Waals surface area (Å²) in [5.41, 5.74) is 1.86. The molecule has 0 saturated heterocycles. The van der Waals surface area contributed by atoms with Crippen molar-refractivity contribution in [2.75, 3.05) is 13.7 Å². The van der Waals surface area contributed by atoms with E-state index in [2.05, 4.69) is 29.1 Å².